The molecule has 2 N–H and O–H groups in total. The molecule has 7 nitrogen and oxygen atoms in total. The average Bonchev–Trinajstić information content (AvgIpc) is 2.96. The molecule has 0 saturated carbocycles. The van der Waals surface area contributed by atoms with Gasteiger partial charge in [0, 0.05) is 24.7 Å². The van der Waals surface area contributed by atoms with E-state index in [1.165, 1.54) is 20.0 Å². The maximum absolute atomic E-state index is 10.3. The maximum atomic E-state index is 10.3. The molecule has 26 heavy (non-hydrogen) atoms. The second-order valence-electron chi connectivity index (χ2n) is 6.30. The molecule has 8 heteroatoms. The summed E-state index contributed by atoms with van der Waals surface area (Å²) in [5.41, 5.74) is 0.774. The van der Waals surface area contributed by atoms with E-state index in [1.54, 1.807) is 24.3 Å². The van der Waals surface area contributed by atoms with Crippen LogP contribution in [0.25, 0.3) is 0 Å². The number of aliphatic hydroxyl groups excluding tert-OH is 1. The van der Waals surface area contributed by atoms with Crippen molar-refractivity contribution in [2.75, 3.05) is 37.0 Å². The zero-order chi connectivity index (χ0) is 18.4. The second kappa shape index (κ2) is 9.00. The Labute approximate surface area is 158 Å². The van der Waals surface area contributed by atoms with E-state index in [2.05, 4.69) is 25.2 Å². The lowest BCUT2D eigenvalue weighted by Crippen LogP contribution is -2.27. The molecule has 0 amide bonds. The Balaban J connectivity index is 1.70. The standard InChI is InChI=1S/C18H24ClN5O2/c1-26-18-22-16(20-12-15(25)13-6-8-14(19)9-7-13)21-17(23-18)24-10-4-2-3-5-11-24/h6-9,15,25H,2-5,10-12H2,1H3,(H,20,21,22,23). The van der Waals surface area contributed by atoms with Gasteiger partial charge in [-0.2, -0.15) is 15.0 Å². The second-order valence-corrected chi connectivity index (χ2v) is 6.73. The lowest BCUT2D eigenvalue weighted by atomic mass is 10.1. The molecule has 2 aromatic rings. The average molecular weight is 378 g/mol. The van der Waals surface area contributed by atoms with Crippen LogP contribution < -0.4 is 15.0 Å². The van der Waals surface area contributed by atoms with Gasteiger partial charge in [-0.3, -0.25) is 0 Å². The number of nitrogens with zero attached hydrogens (tertiary/aromatic N) is 4. The Bertz CT molecular complexity index is 705. The van der Waals surface area contributed by atoms with E-state index < -0.39 is 6.10 Å². The van der Waals surface area contributed by atoms with E-state index in [1.807, 2.05) is 0 Å². The number of nitrogens with one attached hydrogen (secondary N) is 1. The summed E-state index contributed by atoms with van der Waals surface area (Å²) in [5, 5.41) is 14.0. The molecule has 0 radical (unpaired) electrons. The van der Waals surface area contributed by atoms with Crippen LogP contribution in [-0.4, -0.2) is 46.8 Å². The van der Waals surface area contributed by atoms with Gasteiger partial charge in [0.15, 0.2) is 0 Å². The minimum atomic E-state index is -0.698. The Kier molecular flexibility index (Phi) is 6.46. The number of anilines is 2. The molecule has 1 aromatic heterocycles. The highest BCUT2D eigenvalue weighted by Crippen LogP contribution is 2.20. The third kappa shape index (κ3) is 4.95. The molecule has 3 rings (SSSR count). The van der Waals surface area contributed by atoms with Gasteiger partial charge in [0.2, 0.25) is 11.9 Å². The Morgan fingerprint density at radius 2 is 1.81 bits per heavy atom. The molecule has 0 bridgehead atoms. The fourth-order valence-corrected chi connectivity index (χ4v) is 3.05. The van der Waals surface area contributed by atoms with Crippen molar-refractivity contribution in [2.24, 2.45) is 0 Å². The number of halogens is 1. The number of hydrogen-bond donors (Lipinski definition) is 2. The molecular formula is C18H24ClN5O2. The van der Waals surface area contributed by atoms with Crippen molar-refractivity contribution in [1.29, 1.82) is 0 Å². The maximum Gasteiger partial charge on any atom is 0.322 e. The number of hydrogen-bond acceptors (Lipinski definition) is 7. The zero-order valence-electron chi connectivity index (χ0n) is 14.9. The summed E-state index contributed by atoms with van der Waals surface area (Å²) in [5.74, 6) is 1.01. The lowest BCUT2D eigenvalue weighted by Gasteiger charge is -2.21. The van der Waals surface area contributed by atoms with Crippen LogP contribution in [0, 0.1) is 0 Å². The van der Waals surface area contributed by atoms with Crippen molar-refractivity contribution < 1.29 is 9.84 Å². The highest BCUT2D eigenvalue weighted by atomic mass is 35.5. The summed E-state index contributed by atoms with van der Waals surface area (Å²) < 4.78 is 5.22. The number of ether oxygens (including phenoxy) is 1. The lowest BCUT2D eigenvalue weighted by molar-refractivity contribution is 0.191. The van der Waals surface area contributed by atoms with E-state index in [9.17, 15) is 5.11 Å². The van der Waals surface area contributed by atoms with E-state index in [4.69, 9.17) is 16.3 Å². The largest absolute Gasteiger partial charge is 0.467 e. The number of benzene rings is 1. The molecule has 1 aromatic carbocycles. The Hall–Kier alpha value is -2.12. The van der Waals surface area contributed by atoms with Crippen LogP contribution in [0.1, 0.15) is 37.4 Å². The van der Waals surface area contributed by atoms with Crippen LogP contribution in [0.15, 0.2) is 24.3 Å². The molecule has 1 unspecified atom stereocenters. The predicted octanol–water partition coefficient (Wildman–Crippen LogP) is 3.06. The molecule has 1 fully saturated rings. The van der Waals surface area contributed by atoms with Gasteiger partial charge in [-0.1, -0.05) is 36.6 Å². The molecule has 1 saturated heterocycles. The van der Waals surface area contributed by atoms with Gasteiger partial charge in [-0.05, 0) is 30.5 Å². The van der Waals surface area contributed by atoms with Crippen molar-refractivity contribution in [1.82, 2.24) is 15.0 Å². The minimum Gasteiger partial charge on any atom is -0.467 e. The van der Waals surface area contributed by atoms with Crippen LogP contribution in [0.5, 0.6) is 6.01 Å². The van der Waals surface area contributed by atoms with E-state index in [-0.39, 0.29) is 12.6 Å². The summed E-state index contributed by atoms with van der Waals surface area (Å²) in [7, 11) is 1.54. The fraction of sp³-hybridized carbons (Fsp3) is 0.500. The Morgan fingerprint density at radius 3 is 2.46 bits per heavy atom. The normalized spacial score (nSPS) is 16.0. The van der Waals surface area contributed by atoms with Crippen molar-refractivity contribution in [3.63, 3.8) is 0 Å². The zero-order valence-corrected chi connectivity index (χ0v) is 15.6. The first-order chi connectivity index (χ1) is 12.7. The van der Waals surface area contributed by atoms with E-state index in [0.717, 1.165) is 31.5 Å². The summed E-state index contributed by atoms with van der Waals surface area (Å²) in [6.45, 7) is 2.13. The predicted molar refractivity (Wildman–Crippen MR) is 102 cm³/mol. The summed E-state index contributed by atoms with van der Waals surface area (Å²) in [6.07, 6.45) is 4.03. The third-order valence-electron chi connectivity index (χ3n) is 4.38. The van der Waals surface area contributed by atoms with Gasteiger partial charge in [-0.15, -0.1) is 0 Å². The number of aromatic nitrogens is 3. The first-order valence-electron chi connectivity index (χ1n) is 8.88. The SMILES string of the molecule is COc1nc(NCC(O)c2ccc(Cl)cc2)nc(N2CCCCCC2)n1. The van der Waals surface area contributed by atoms with Crippen molar-refractivity contribution >= 4 is 23.5 Å². The van der Waals surface area contributed by atoms with E-state index in [0.29, 0.717) is 16.9 Å². The monoisotopic (exact) mass is 377 g/mol. The first-order valence-corrected chi connectivity index (χ1v) is 9.26. The number of methoxy groups -OCH3 is 1. The summed E-state index contributed by atoms with van der Waals surface area (Å²) >= 11 is 5.88. The smallest absolute Gasteiger partial charge is 0.322 e. The highest BCUT2D eigenvalue weighted by molar-refractivity contribution is 6.30. The molecule has 1 aliphatic rings. The quantitative estimate of drug-likeness (QED) is 0.800. The third-order valence-corrected chi connectivity index (χ3v) is 4.63. The minimum absolute atomic E-state index is 0.266. The fourth-order valence-electron chi connectivity index (χ4n) is 2.92. The number of rotatable bonds is 6. The molecule has 1 atom stereocenters. The van der Waals surface area contributed by atoms with Gasteiger partial charge in [-0.25, -0.2) is 0 Å². The molecular weight excluding hydrogens is 354 g/mol. The number of aliphatic hydroxyl groups is 1. The van der Waals surface area contributed by atoms with Gasteiger partial charge < -0.3 is 20.1 Å². The Morgan fingerprint density at radius 1 is 1.12 bits per heavy atom. The van der Waals surface area contributed by atoms with Gasteiger partial charge in [0.25, 0.3) is 0 Å². The van der Waals surface area contributed by atoms with Gasteiger partial charge in [0.05, 0.1) is 13.2 Å². The first kappa shape index (κ1) is 18.7. The van der Waals surface area contributed by atoms with Crippen molar-refractivity contribution in [3.8, 4) is 6.01 Å². The van der Waals surface area contributed by atoms with Crippen LogP contribution in [0.4, 0.5) is 11.9 Å². The van der Waals surface area contributed by atoms with Crippen LogP contribution in [0.2, 0.25) is 5.02 Å². The summed E-state index contributed by atoms with van der Waals surface area (Å²) in [4.78, 5) is 15.3. The van der Waals surface area contributed by atoms with Crippen molar-refractivity contribution in [3.05, 3.63) is 34.9 Å². The highest BCUT2D eigenvalue weighted by Gasteiger charge is 2.16. The molecule has 2 heterocycles. The van der Waals surface area contributed by atoms with E-state index >= 15 is 0 Å². The molecule has 140 valence electrons. The molecule has 1 aliphatic heterocycles. The molecule has 0 aliphatic carbocycles. The van der Waals surface area contributed by atoms with Gasteiger partial charge >= 0.3 is 6.01 Å². The topological polar surface area (TPSA) is 83.4 Å². The van der Waals surface area contributed by atoms with Gasteiger partial charge in [0.1, 0.15) is 0 Å². The molecule has 0 spiro atoms. The summed E-state index contributed by atoms with van der Waals surface area (Å²) in [6, 6.07) is 7.37. The van der Waals surface area contributed by atoms with Crippen LogP contribution in [0.3, 0.4) is 0 Å². The van der Waals surface area contributed by atoms with Crippen molar-refractivity contribution in [2.45, 2.75) is 31.8 Å². The van der Waals surface area contributed by atoms with Crippen LogP contribution in [-0.2, 0) is 0 Å². The van der Waals surface area contributed by atoms with Crippen LogP contribution >= 0.6 is 11.6 Å².